The number of anilines is 1. The molecule has 0 aliphatic heterocycles. The van der Waals surface area contributed by atoms with Gasteiger partial charge in [-0.05, 0) is 37.1 Å². The maximum atomic E-state index is 12.2. The van der Waals surface area contributed by atoms with Crippen LogP contribution in [0.2, 0.25) is 0 Å². The molecule has 1 aliphatic carbocycles. The molecule has 0 bridgehead atoms. The van der Waals surface area contributed by atoms with E-state index in [1.165, 1.54) is 12.8 Å². The molecule has 1 heterocycles. The summed E-state index contributed by atoms with van der Waals surface area (Å²) in [7, 11) is 0. The summed E-state index contributed by atoms with van der Waals surface area (Å²) in [6.07, 6.45) is 6.51. The SMILES string of the molecule is O=C(Nc1ccnn1C1CCCC1)c1ccc(Br)cc1. The lowest BCUT2D eigenvalue weighted by Crippen LogP contribution is -2.17. The highest BCUT2D eigenvalue weighted by atomic mass is 79.9. The lowest BCUT2D eigenvalue weighted by atomic mass is 10.2. The van der Waals surface area contributed by atoms with Gasteiger partial charge in [0.2, 0.25) is 0 Å². The zero-order chi connectivity index (χ0) is 13.9. The summed E-state index contributed by atoms with van der Waals surface area (Å²) in [5, 5.41) is 7.30. The van der Waals surface area contributed by atoms with Crippen molar-refractivity contribution in [2.24, 2.45) is 0 Å². The summed E-state index contributed by atoms with van der Waals surface area (Å²) in [5.41, 5.74) is 0.646. The largest absolute Gasteiger partial charge is 0.307 e. The monoisotopic (exact) mass is 333 g/mol. The average Bonchev–Trinajstić information content (AvgIpc) is 3.09. The Labute approximate surface area is 126 Å². The number of amides is 1. The van der Waals surface area contributed by atoms with Crippen LogP contribution in [0.15, 0.2) is 41.0 Å². The molecule has 0 radical (unpaired) electrons. The fourth-order valence-corrected chi connectivity index (χ4v) is 2.91. The molecule has 3 rings (SSSR count). The summed E-state index contributed by atoms with van der Waals surface area (Å²) in [5.74, 6) is 0.682. The summed E-state index contributed by atoms with van der Waals surface area (Å²) < 4.78 is 2.91. The maximum Gasteiger partial charge on any atom is 0.256 e. The smallest absolute Gasteiger partial charge is 0.256 e. The molecule has 1 aromatic carbocycles. The summed E-state index contributed by atoms with van der Waals surface area (Å²) in [6.45, 7) is 0. The third-order valence-corrected chi connectivity index (χ3v) is 4.22. The van der Waals surface area contributed by atoms with Gasteiger partial charge in [-0.25, -0.2) is 4.68 Å². The minimum Gasteiger partial charge on any atom is -0.307 e. The van der Waals surface area contributed by atoms with Crippen molar-refractivity contribution in [2.45, 2.75) is 31.7 Å². The number of nitrogens with zero attached hydrogens (tertiary/aromatic N) is 2. The first-order chi connectivity index (χ1) is 9.74. The van der Waals surface area contributed by atoms with Gasteiger partial charge in [-0.3, -0.25) is 4.79 Å². The lowest BCUT2D eigenvalue weighted by Gasteiger charge is -2.14. The second kappa shape index (κ2) is 5.79. The molecule has 1 aliphatic rings. The zero-order valence-electron chi connectivity index (χ0n) is 11.1. The van der Waals surface area contributed by atoms with Crippen LogP contribution in [0, 0.1) is 0 Å². The second-order valence-electron chi connectivity index (χ2n) is 5.06. The first kappa shape index (κ1) is 13.4. The third kappa shape index (κ3) is 2.77. The van der Waals surface area contributed by atoms with Gasteiger partial charge in [0, 0.05) is 16.1 Å². The normalized spacial score (nSPS) is 15.4. The maximum absolute atomic E-state index is 12.2. The van der Waals surface area contributed by atoms with E-state index in [-0.39, 0.29) is 5.91 Å². The van der Waals surface area contributed by atoms with Gasteiger partial charge in [0.05, 0.1) is 12.2 Å². The Hall–Kier alpha value is -1.62. The van der Waals surface area contributed by atoms with Gasteiger partial charge in [-0.15, -0.1) is 0 Å². The third-order valence-electron chi connectivity index (χ3n) is 3.69. The van der Waals surface area contributed by atoms with Crippen molar-refractivity contribution in [2.75, 3.05) is 5.32 Å². The molecule has 1 aromatic heterocycles. The fourth-order valence-electron chi connectivity index (χ4n) is 2.64. The number of aromatic nitrogens is 2. The molecular weight excluding hydrogens is 318 g/mol. The van der Waals surface area contributed by atoms with Crippen LogP contribution in [-0.2, 0) is 0 Å². The van der Waals surface area contributed by atoms with Crippen molar-refractivity contribution < 1.29 is 4.79 Å². The number of carbonyl (C=O) groups is 1. The predicted octanol–water partition coefficient (Wildman–Crippen LogP) is 4.01. The van der Waals surface area contributed by atoms with Crippen LogP contribution in [0.5, 0.6) is 0 Å². The summed E-state index contributed by atoms with van der Waals surface area (Å²) >= 11 is 3.37. The van der Waals surface area contributed by atoms with E-state index in [0.29, 0.717) is 11.6 Å². The van der Waals surface area contributed by atoms with Crippen LogP contribution < -0.4 is 5.32 Å². The molecule has 0 atom stereocenters. The number of benzene rings is 1. The first-order valence-electron chi connectivity index (χ1n) is 6.84. The highest BCUT2D eigenvalue weighted by Gasteiger charge is 2.20. The molecular formula is C15H16BrN3O. The number of nitrogens with one attached hydrogen (secondary N) is 1. The van der Waals surface area contributed by atoms with E-state index in [1.807, 2.05) is 22.9 Å². The summed E-state index contributed by atoms with van der Waals surface area (Å²) in [6, 6.07) is 9.61. The molecule has 0 saturated heterocycles. The molecule has 1 N–H and O–H groups in total. The molecule has 0 spiro atoms. The minimum atomic E-state index is -0.0998. The number of rotatable bonds is 3. The predicted molar refractivity (Wildman–Crippen MR) is 81.8 cm³/mol. The van der Waals surface area contributed by atoms with E-state index in [9.17, 15) is 4.79 Å². The van der Waals surface area contributed by atoms with Gasteiger partial charge < -0.3 is 5.32 Å². The molecule has 2 aromatic rings. The number of carbonyl (C=O) groups excluding carboxylic acids is 1. The van der Waals surface area contributed by atoms with E-state index in [0.717, 1.165) is 23.1 Å². The van der Waals surface area contributed by atoms with Gasteiger partial charge in [0.15, 0.2) is 0 Å². The minimum absolute atomic E-state index is 0.0998. The van der Waals surface area contributed by atoms with E-state index >= 15 is 0 Å². The van der Waals surface area contributed by atoms with Gasteiger partial charge in [-0.1, -0.05) is 28.8 Å². The number of hydrogen-bond acceptors (Lipinski definition) is 2. The molecule has 1 fully saturated rings. The van der Waals surface area contributed by atoms with Crippen LogP contribution in [0.4, 0.5) is 5.82 Å². The van der Waals surface area contributed by atoms with E-state index < -0.39 is 0 Å². The van der Waals surface area contributed by atoms with Crippen molar-refractivity contribution in [3.05, 3.63) is 46.6 Å². The van der Waals surface area contributed by atoms with E-state index in [4.69, 9.17) is 0 Å². The quantitative estimate of drug-likeness (QED) is 0.922. The topological polar surface area (TPSA) is 46.9 Å². The molecule has 104 valence electrons. The molecule has 0 unspecified atom stereocenters. The Morgan fingerprint density at radius 3 is 2.60 bits per heavy atom. The van der Waals surface area contributed by atoms with E-state index in [2.05, 4.69) is 26.3 Å². The zero-order valence-corrected chi connectivity index (χ0v) is 12.6. The Morgan fingerprint density at radius 2 is 1.90 bits per heavy atom. The Morgan fingerprint density at radius 1 is 1.20 bits per heavy atom. The van der Waals surface area contributed by atoms with Crippen LogP contribution >= 0.6 is 15.9 Å². The number of halogens is 1. The number of hydrogen-bond donors (Lipinski definition) is 1. The standard InChI is InChI=1S/C15H16BrN3O/c16-12-7-5-11(6-8-12)15(20)18-14-9-10-17-19(14)13-3-1-2-4-13/h5-10,13H,1-4H2,(H,18,20). The van der Waals surface area contributed by atoms with Crippen molar-refractivity contribution in [3.8, 4) is 0 Å². The first-order valence-corrected chi connectivity index (χ1v) is 7.64. The highest BCUT2D eigenvalue weighted by molar-refractivity contribution is 9.10. The second-order valence-corrected chi connectivity index (χ2v) is 5.98. The molecule has 1 saturated carbocycles. The Kier molecular flexibility index (Phi) is 3.87. The van der Waals surface area contributed by atoms with Gasteiger partial charge in [-0.2, -0.15) is 5.10 Å². The molecule has 20 heavy (non-hydrogen) atoms. The van der Waals surface area contributed by atoms with Crippen molar-refractivity contribution in [1.29, 1.82) is 0 Å². The Balaban J connectivity index is 1.76. The highest BCUT2D eigenvalue weighted by Crippen LogP contribution is 2.31. The lowest BCUT2D eigenvalue weighted by molar-refractivity contribution is 0.102. The van der Waals surface area contributed by atoms with Crippen molar-refractivity contribution in [3.63, 3.8) is 0 Å². The van der Waals surface area contributed by atoms with Crippen molar-refractivity contribution >= 4 is 27.7 Å². The average molecular weight is 334 g/mol. The van der Waals surface area contributed by atoms with Crippen LogP contribution in [-0.4, -0.2) is 15.7 Å². The van der Waals surface area contributed by atoms with E-state index in [1.54, 1.807) is 18.3 Å². The summed E-state index contributed by atoms with van der Waals surface area (Å²) in [4.78, 5) is 12.2. The molecule has 1 amide bonds. The Bertz CT molecular complexity index is 600. The fraction of sp³-hybridized carbons (Fsp3) is 0.333. The van der Waals surface area contributed by atoms with Crippen molar-refractivity contribution in [1.82, 2.24) is 9.78 Å². The van der Waals surface area contributed by atoms with Gasteiger partial charge in [0.1, 0.15) is 5.82 Å². The molecule has 5 heteroatoms. The molecule has 4 nitrogen and oxygen atoms in total. The van der Waals surface area contributed by atoms with Gasteiger partial charge >= 0.3 is 0 Å². The van der Waals surface area contributed by atoms with Gasteiger partial charge in [0.25, 0.3) is 5.91 Å². The van der Waals surface area contributed by atoms with Crippen LogP contribution in [0.25, 0.3) is 0 Å². The van der Waals surface area contributed by atoms with Crippen LogP contribution in [0.1, 0.15) is 42.1 Å². The van der Waals surface area contributed by atoms with Crippen LogP contribution in [0.3, 0.4) is 0 Å².